The van der Waals surface area contributed by atoms with Crippen LogP contribution >= 0.6 is 0 Å². The van der Waals surface area contributed by atoms with Gasteiger partial charge in [0, 0.05) is 17.1 Å². The lowest BCUT2D eigenvalue weighted by molar-refractivity contribution is 0.506. The number of anilines is 3. The number of benzene rings is 3. The van der Waals surface area contributed by atoms with Gasteiger partial charge < -0.3 is 4.90 Å². The first-order valence-electron chi connectivity index (χ1n) is 10.5. The van der Waals surface area contributed by atoms with Crippen molar-refractivity contribution in [2.24, 2.45) is 0 Å². The minimum Gasteiger partial charge on any atom is -0.311 e. The van der Waals surface area contributed by atoms with Gasteiger partial charge in [0.25, 0.3) is 0 Å². The highest BCUT2D eigenvalue weighted by Gasteiger charge is 2.19. The Balaban J connectivity index is 2.01. The van der Waals surface area contributed by atoms with Gasteiger partial charge in [-0.1, -0.05) is 77.1 Å². The molecule has 0 aliphatic rings. The van der Waals surface area contributed by atoms with Crippen molar-refractivity contribution in [1.82, 2.24) is 0 Å². The minimum atomic E-state index is 0.202. The Labute approximate surface area is 171 Å². The first-order chi connectivity index (χ1) is 13.5. The van der Waals surface area contributed by atoms with Crippen molar-refractivity contribution in [3.05, 3.63) is 90.0 Å². The zero-order valence-electron chi connectivity index (χ0n) is 17.9. The molecule has 3 rings (SSSR count). The molecule has 0 bridgehead atoms. The van der Waals surface area contributed by atoms with Crippen LogP contribution in [0.4, 0.5) is 17.1 Å². The first-order valence-corrected chi connectivity index (χ1v) is 10.5. The molecular weight excluding hydrogens is 338 g/mol. The van der Waals surface area contributed by atoms with E-state index in [0.717, 1.165) is 12.8 Å². The van der Waals surface area contributed by atoms with E-state index in [0.29, 0.717) is 5.92 Å². The van der Waals surface area contributed by atoms with Crippen molar-refractivity contribution in [1.29, 1.82) is 0 Å². The third-order valence-corrected chi connectivity index (χ3v) is 6.14. The quantitative estimate of drug-likeness (QED) is 0.403. The Bertz CT molecular complexity index is 860. The number of hydrogen-bond acceptors (Lipinski definition) is 1. The highest BCUT2D eigenvalue weighted by molar-refractivity contribution is 5.76. The fourth-order valence-electron chi connectivity index (χ4n) is 3.48. The van der Waals surface area contributed by atoms with Crippen LogP contribution in [0.5, 0.6) is 0 Å². The van der Waals surface area contributed by atoms with Gasteiger partial charge in [-0.3, -0.25) is 0 Å². The molecule has 0 aliphatic carbocycles. The van der Waals surface area contributed by atoms with E-state index >= 15 is 0 Å². The summed E-state index contributed by atoms with van der Waals surface area (Å²) in [4.78, 5) is 2.34. The molecule has 146 valence electrons. The maximum Gasteiger partial charge on any atom is 0.0461 e. The average molecular weight is 372 g/mol. The molecule has 0 spiro atoms. The van der Waals surface area contributed by atoms with E-state index in [2.05, 4.69) is 118 Å². The molecule has 0 saturated heterocycles. The van der Waals surface area contributed by atoms with E-state index in [1.807, 2.05) is 0 Å². The van der Waals surface area contributed by atoms with Gasteiger partial charge in [0.15, 0.2) is 0 Å². The number of para-hydroxylation sites is 1. The molecule has 3 aromatic carbocycles. The summed E-state index contributed by atoms with van der Waals surface area (Å²) in [5.74, 6) is 0.592. The van der Waals surface area contributed by atoms with Gasteiger partial charge >= 0.3 is 0 Å². The summed E-state index contributed by atoms with van der Waals surface area (Å²) < 4.78 is 0. The maximum absolute atomic E-state index is 2.34. The van der Waals surface area contributed by atoms with Crippen molar-refractivity contribution in [2.45, 2.75) is 58.8 Å². The average Bonchev–Trinajstić information content (AvgIpc) is 2.75. The van der Waals surface area contributed by atoms with E-state index in [-0.39, 0.29) is 5.41 Å². The standard InChI is InChI=1S/C27H33N/c1-6-21(3)22-13-17-25(18-14-22)28(24-11-9-8-10-12-24)26-19-15-23(16-20-26)27(4,5)7-2/h8-21H,6-7H2,1-5H3. The molecule has 0 amide bonds. The second-order valence-electron chi connectivity index (χ2n) is 8.36. The SMILES string of the molecule is CCC(C)c1ccc(N(c2ccccc2)c2ccc(C(C)(C)CC)cc2)cc1. The summed E-state index contributed by atoms with van der Waals surface area (Å²) in [6.45, 7) is 11.4. The predicted octanol–water partition coefficient (Wildman–Crippen LogP) is 8.36. The van der Waals surface area contributed by atoms with Gasteiger partial charge in [-0.2, -0.15) is 0 Å². The van der Waals surface area contributed by atoms with Crippen LogP contribution in [0.3, 0.4) is 0 Å². The summed E-state index contributed by atoms with van der Waals surface area (Å²) in [5, 5.41) is 0. The zero-order valence-corrected chi connectivity index (χ0v) is 17.9. The third-order valence-electron chi connectivity index (χ3n) is 6.14. The first kappa shape index (κ1) is 20.2. The Morgan fingerprint density at radius 1 is 0.714 bits per heavy atom. The molecular formula is C27H33N. The van der Waals surface area contributed by atoms with E-state index in [9.17, 15) is 0 Å². The summed E-state index contributed by atoms with van der Waals surface area (Å²) in [5.41, 5.74) is 6.56. The molecule has 0 aliphatic heterocycles. The van der Waals surface area contributed by atoms with Crippen LogP contribution in [0.25, 0.3) is 0 Å². The van der Waals surface area contributed by atoms with Gasteiger partial charge in [-0.05, 0) is 71.7 Å². The highest BCUT2D eigenvalue weighted by atomic mass is 15.1. The van der Waals surface area contributed by atoms with Crippen LogP contribution in [0.1, 0.15) is 64.5 Å². The Morgan fingerprint density at radius 3 is 1.71 bits per heavy atom. The van der Waals surface area contributed by atoms with Crippen molar-refractivity contribution in [2.75, 3.05) is 4.90 Å². The monoisotopic (exact) mass is 371 g/mol. The van der Waals surface area contributed by atoms with Crippen LogP contribution in [-0.2, 0) is 5.41 Å². The highest BCUT2D eigenvalue weighted by Crippen LogP contribution is 2.36. The summed E-state index contributed by atoms with van der Waals surface area (Å²) in [6.07, 6.45) is 2.29. The van der Waals surface area contributed by atoms with Crippen LogP contribution in [0, 0.1) is 0 Å². The molecule has 0 saturated carbocycles. The van der Waals surface area contributed by atoms with Gasteiger partial charge in [-0.15, -0.1) is 0 Å². The lowest BCUT2D eigenvalue weighted by Crippen LogP contribution is -2.16. The van der Waals surface area contributed by atoms with Gasteiger partial charge in [0.2, 0.25) is 0 Å². The smallest absolute Gasteiger partial charge is 0.0461 e. The fourth-order valence-corrected chi connectivity index (χ4v) is 3.48. The molecule has 0 fully saturated rings. The van der Waals surface area contributed by atoms with E-state index in [4.69, 9.17) is 0 Å². The number of nitrogens with zero attached hydrogens (tertiary/aromatic N) is 1. The molecule has 0 heterocycles. The molecule has 0 aromatic heterocycles. The third kappa shape index (κ3) is 4.30. The Hall–Kier alpha value is -2.54. The predicted molar refractivity (Wildman–Crippen MR) is 123 cm³/mol. The molecule has 1 nitrogen and oxygen atoms in total. The number of rotatable bonds is 7. The topological polar surface area (TPSA) is 3.24 Å². The molecule has 0 radical (unpaired) electrons. The van der Waals surface area contributed by atoms with E-state index in [1.54, 1.807) is 0 Å². The van der Waals surface area contributed by atoms with Crippen LogP contribution in [0.15, 0.2) is 78.9 Å². The molecule has 3 aromatic rings. The lowest BCUT2D eigenvalue weighted by Gasteiger charge is -2.28. The second-order valence-corrected chi connectivity index (χ2v) is 8.36. The minimum absolute atomic E-state index is 0.202. The van der Waals surface area contributed by atoms with Crippen molar-refractivity contribution >= 4 is 17.1 Å². The molecule has 1 unspecified atom stereocenters. The van der Waals surface area contributed by atoms with Crippen molar-refractivity contribution in [3.63, 3.8) is 0 Å². The molecule has 1 heteroatoms. The van der Waals surface area contributed by atoms with Crippen molar-refractivity contribution < 1.29 is 0 Å². The summed E-state index contributed by atoms with van der Waals surface area (Å²) >= 11 is 0. The van der Waals surface area contributed by atoms with Crippen molar-refractivity contribution in [3.8, 4) is 0 Å². The summed E-state index contributed by atoms with van der Waals surface area (Å²) in [6, 6.07) is 28.7. The largest absolute Gasteiger partial charge is 0.311 e. The fraction of sp³-hybridized carbons (Fsp3) is 0.333. The Kier molecular flexibility index (Phi) is 6.24. The van der Waals surface area contributed by atoms with Crippen LogP contribution in [-0.4, -0.2) is 0 Å². The van der Waals surface area contributed by atoms with E-state index in [1.165, 1.54) is 28.2 Å². The van der Waals surface area contributed by atoms with Crippen LogP contribution < -0.4 is 4.90 Å². The molecule has 0 N–H and O–H groups in total. The lowest BCUT2D eigenvalue weighted by atomic mass is 9.82. The van der Waals surface area contributed by atoms with Gasteiger partial charge in [-0.25, -0.2) is 0 Å². The molecule has 1 atom stereocenters. The normalized spacial score (nSPS) is 12.6. The van der Waals surface area contributed by atoms with Gasteiger partial charge in [0.1, 0.15) is 0 Å². The number of hydrogen-bond donors (Lipinski definition) is 0. The van der Waals surface area contributed by atoms with Gasteiger partial charge in [0.05, 0.1) is 0 Å². The maximum atomic E-state index is 2.34. The molecule has 28 heavy (non-hydrogen) atoms. The van der Waals surface area contributed by atoms with Crippen LogP contribution in [0.2, 0.25) is 0 Å². The Morgan fingerprint density at radius 2 is 1.21 bits per heavy atom. The summed E-state index contributed by atoms with van der Waals surface area (Å²) in [7, 11) is 0. The van der Waals surface area contributed by atoms with E-state index < -0.39 is 0 Å². The zero-order chi connectivity index (χ0) is 20.1. The second kappa shape index (κ2) is 8.65.